The molecule has 1 amide bonds. The van der Waals surface area contributed by atoms with Gasteiger partial charge in [0.05, 0.1) is 11.3 Å². The van der Waals surface area contributed by atoms with Crippen molar-refractivity contribution in [3.63, 3.8) is 0 Å². The van der Waals surface area contributed by atoms with Gasteiger partial charge in [-0.2, -0.15) is 5.10 Å². The summed E-state index contributed by atoms with van der Waals surface area (Å²) >= 11 is 5.15. The number of amides is 1. The maximum Gasteiger partial charge on any atom is 0.273 e. The highest BCUT2D eigenvalue weighted by molar-refractivity contribution is 7.80. The minimum absolute atomic E-state index is 0.313. The molecule has 0 aliphatic rings. The van der Waals surface area contributed by atoms with Gasteiger partial charge >= 0.3 is 0 Å². The first-order valence-electron chi connectivity index (χ1n) is 8.73. The normalized spacial score (nSPS) is 10.2. The van der Waals surface area contributed by atoms with Crippen LogP contribution in [0, 0.1) is 0 Å². The van der Waals surface area contributed by atoms with E-state index in [4.69, 9.17) is 12.2 Å². The predicted molar refractivity (Wildman–Crippen MR) is 115 cm³/mol. The molecule has 0 saturated carbocycles. The Labute approximate surface area is 169 Å². The lowest BCUT2D eigenvalue weighted by molar-refractivity contribution is 0.0944. The molecule has 0 fully saturated rings. The van der Waals surface area contributed by atoms with Crippen LogP contribution in [0.5, 0.6) is 0 Å². The van der Waals surface area contributed by atoms with Crippen LogP contribution >= 0.6 is 12.2 Å². The highest BCUT2D eigenvalue weighted by Crippen LogP contribution is 2.23. The van der Waals surface area contributed by atoms with Crippen LogP contribution in [-0.2, 0) is 0 Å². The van der Waals surface area contributed by atoms with E-state index in [9.17, 15) is 4.79 Å². The summed E-state index contributed by atoms with van der Waals surface area (Å²) < 4.78 is 1.69. The van der Waals surface area contributed by atoms with Gasteiger partial charge in [-0.15, -0.1) is 0 Å². The maximum atomic E-state index is 12.8. The quantitative estimate of drug-likeness (QED) is 0.354. The zero-order valence-electron chi connectivity index (χ0n) is 15.5. The highest BCUT2D eigenvalue weighted by Gasteiger charge is 2.18. The van der Waals surface area contributed by atoms with Crippen molar-refractivity contribution in [2.24, 2.45) is 0 Å². The Kier molecular flexibility index (Phi) is 6.18. The van der Waals surface area contributed by atoms with Crippen molar-refractivity contribution in [1.82, 2.24) is 25.9 Å². The zero-order chi connectivity index (χ0) is 19.9. The fraction of sp³-hybridized carbons (Fsp3) is 0.0952. The van der Waals surface area contributed by atoms with Crippen LogP contribution in [-0.4, -0.2) is 27.3 Å². The largest absolute Gasteiger partial charge is 0.358 e. The Balaban J connectivity index is 1.84. The summed E-state index contributed by atoms with van der Waals surface area (Å²) in [7, 11) is 0. The van der Waals surface area contributed by atoms with Crippen molar-refractivity contribution in [2.75, 3.05) is 6.54 Å². The van der Waals surface area contributed by atoms with Gasteiger partial charge in [-0.25, -0.2) is 4.68 Å². The van der Waals surface area contributed by atoms with Gasteiger partial charge in [-0.1, -0.05) is 60.7 Å². The molecule has 0 radical (unpaired) electrons. The average Bonchev–Trinajstić information content (AvgIpc) is 3.17. The molecule has 2 aromatic carbocycles. The topological polar surface area (TPSA) is 71.0 Å². The number of benzene rings is 2. The molecule has 28 heavy (non-hydrogen) atoms. The Bertz CT molecular complexity index is 983. The van der Waals surface area contributed by atoms with Crippen molar-refractivity contribution >= 4 is 23.2 Å². The van der Waals surface area contributed by atoms with E-state index in [0.29, 0.717) is 22.9 Å². The Hall–Kier alpha value is -3.45. The van der Waals surface area contributed by atoms with Crippen molar-refractivity contribution < 1.29 is 4.79 Å². The van der Waals surface area contributed by atoms with E-state index in [1.165, 1.54) is 0 Å². The van der Waals surface area contributed by atoms with Crippen LogP contribution in [0.1, 0.15) is 17.3 Å². The van der Waals surface area contributed by atoms with E-state index in [2.05, 4.69) is 27.8 Å². The monoisotopic (exact) mass is 391 g/mol. The smallest absolute Gasteiger partial charge is 0.273 e. The minimum atomic E-state index is -0.333. The number of nitrogens with one attached hydrogen (secondary N) is 3. The molecule has 0 saturated heterocycles. The first-order valence-corrected chi connectivity index (χ1v) is 9.14. The summed E-state index contributed by atoms with van der Waals surface area (Å²) in [6, 6.07) is 19.2. The van der Waals surface area contributed by atoms with Crippen molar-refractivity contribution in [1.29, 1.82) is 0 Å². The average molecular weight is 392 g/mol. The fourth-order valence-corrected chi connectivity index (χ4v) is 2.64. The van der Waals surface area contributed by atoms with Crippen molar-refractivity contribution in [3.05, 3.63) is 84.6 Å². The van der Waals surface area contributed by atoms with Gasteiger partial charge in [-0.3, -0.25) is 15.6 Å². The lowest BCUT2D eigenvalue weighted by Crippen LogP contribution is -2.47. The van der Waals surface area contributed by atoms with Crippen molar-refractivity contribution in [3.8, 4) is 16.9 Å². The lowest BCUT2D eigenvalue weighted by Gasteiger charge is -2.11. The fourth-order valence-electron chi connectivity index (χ4n) is 2.52. The molecule has 7 heteroatoms. The first-order chi connectivity index (χ1) is 13.5. The number of nitrogens with zero attached hydrogens (tertiary/aromatic N) is 2. The predicted octanol–water partition coefficient (Wildman–Crippen LogP) is 3.22. The summed E-state index contributed by atoms with van der Waals surface area (Å²) in [5.41, 5.74) is 9.01. The first kappa shape index (κ1) is 19.3. The molecule has 0 atom stereocenters. The number of carbonyl (C=O) groups is 1. The second-order valence-corrected chi connectivity index (χ2v) is 6.66. The number of hydrogen-bond acceptors (Lipinski definition) is 3. The third-order valence-electron chi connectivity index (χ3n) is 3.87. The SMILES string of the molecule is C=C(C)CNC(=S)NNC(=O)c1cn(-c2ccccc2)nc1-c1ccccc1. The summed E-state index contributed by atoms with van der Waals surface area (Å²) in [4.78, 5) is 12.8. The number of rotatable bonds is 5. The number of para-hydroxylation sites is 1. The second kappa shape index (κ2) is 8.96. The lowest BCUT2D eigenvalue weighted by atomic mass is 10.1. The molecule has 3 rings (SSSR count). The number of aromatic nitrogens is 2. The van der Waals surface area contributed by atoms with Crippen LogP contribution < -0.4 is 16.2 Å². The summed E-state index contributed by atoms with van der Waals surface area (Å²) in [6.07, 6.45) is 1.71. The van der Waals surface area contributed by atoms with E-state index < -0.39 is 0 Å². The van der Waals surface area contributed by atoms with E-state index >= 15 is 0 Å². The second-order valence-electron chi connectivity index (χ2n) is 6.26. The van der Waals surface area contributed by atoms with Crippen molar-refractivity contribution in [2.45, 2.75) is 6.92 Å². The van der Waals surface area contributed by atoms with Gasteiger partial charge in [0.2, 0.25) is 0 Å². The van der Waals surface area contributed by atoms with Crippen LogP contribution in [0.15, 0.2) is 79.0 Å². The zero-order valence-corrected chi connectivity index (χ0v) is 16.3. The van der Waals surface area contributed by atoms with Gasteiger partial charge in [0.15, 0.2) is 5.11 Å². The number of carbonyl (C=O) groups excluding carboxylic acids is 1. The van der Waals surface area contributed by atoms with E-state index in [-0.39, 0.29) is 5.91 Å². The van der Waals surface area contributed by atoms with E-state index in [1.807, 2.05) is 67.6 Å². The number of hydrogen-bond donors (Lipinski definition) is 3. The number of hydrazine groups is 1. The third-order valence-corrected chi connectivity index (χ3v) is 4.11. The summed E-state index contributed by atoms with van der Waals surface area (Å²) in [6.45, 7) is 6.22. The molecular weight excluding hydrogens is 370 g/mol. The van der Waals surface area contributed by atoms with Gasteiger partial charge in [0.25, 0.3) is 5.91 Å². The van der Waals surface area contributed by atoms with Crippen LogP contribution in [0.25, 0.3) is 16.9 Å². The molecular formula is C21H21N5OS. The molecule has 3 aromatic rings. The molecule has 0 spiro atoms. The summed E-state index contributed by atoms with van der Waals surface area (Å²) in [5.74, 6) is -0.333. The molecule has 0 aliphatic heterocycles. The Morgan fingerprint density at radius 3 is 2.36 bits per heavy atom. The summed E-state index contributed by atoms with van der Waals surface area (Å²) in [5, 5.41) is 7.89. The van der Waals surface area contributed by atoms with Gasteiger partial charge in [-0.05, 0) is 31.3 Å². The molecule has 0 unspecified atom stereocenters. The van der Waals surface area contributed by atoms with Gasteiger partial charge in [0.1, 0.15) is 5.69 Å². The molecule has 142 valence electrons. The molecule has 6 nitrogen and oxygen atoms in total. The van der Waals surface area contributed by atoms with E-state index in [1.54, 1.807) is 10.9 Å². The third kappa shape index (κ3) is 4.83. The molecule has 0 bridgehead atoms. The highest BCUT2D eigenvalue weighted by atomic mass is 32.1. The van der Waals surface area contributed by atoms with Crippen LogP contribution in [0.2, 0.25) is 0 Å². The van der Waals surface area contributed by atoms with E-state index in [0.717, 1.165) is 16.8 Å². The molecule has 3 N–H and O–H groups in total. The number of thiocarbonyl (C=S) groups is 1. The van der Waals surface area contributed by atoms with Gasteiger partial charge in [0, 0.05) is 18.3 Å². The van der Waals surface area contributed by atoms with Gasteiger partial charge < -0.3 is 5.32 Å². The van der Waals surface area contributed by atoms with Crippen LogP contribution in [0.3, 0.4) is 0 Å². The Morgan fingerprint density at radius 1 is 1.07 bits per heavy atom. The maximum absolute atomic E-state index is 12.8. The standard InChI is InChI=1S/C21H21N5OS/c1-15(2)13-22-21(28)24-23-20(27)18-14-26(17-11-7-4-8-12-17)25-19(18)16-9-5-3-6-10-16/h3-12,14H,1,13H2,2H3,(H,23,27)(H2,22,24,28). The minimum Gasteiger partial charge on any atom is -0.358 e. The molecule has 1 heterocycles. The Morgan fingerprint density at radius 2 is 1.71 bits per heavy atom. The van der Waals surface area contributed by atoms with Crippen LogP contribution in [0.4, 0.5) is 0 Å². The molecule has 1 aromatic heterocycles. The molecule has 0 aliphatic carbocycles.